The fourth-order valence-corrected chi connectivity index (χ4v) is 4.97. The number of benzene rings is 6. The lowest BCUT2D eigenvalue weighted by molar-refractivity contribution is 1.37. The van der Waals surface area contributed by atoms with E-state index in [0.717, 1.165) is 32.8 Å². The third-order valence-electron chi connectivity index (χ3n) is 6.84. The Bertz CT molecular complexity index is 1900. The molecule has 0 bridgehead atoms. The largest absolute Gasteiger partial charge is 0.244 e. The lowest BCUT2D eigenvalue weighted by atomic mass is 9.98. The Kier molecular flexibility index (Phi) is 3.44. The third-order valence-corrected chi connectivity index (χ3v) is 6.84. The molecule has 0 spiro atoms. The molecule has 0 saturated heterocycles. The Balaban J connectivity index is 1.58. The molecule has 150 valence electrons. The molecule has 0 aliphatic heterocycles. The Morgan fingerprint density at radius 1 is 0.438 bits per heavy atom. The van der Waals surface area contributed by atoms with Crippen LogP contribution in [0.1, 0.15) is 11.1 Å². The van der Waals surface area contributed by atoms with E-state index in [4.69, 9.17) is 9.97 Å². The van der Waals surface area contributed by atoms with Crippen LogP contribution in [0.3, 0.4) is 0 Å². The summed E-state index contributed by atoms with van der Waals surface area (Å²) in [5, 5.41) is 9.70. The van der Waals surface area contributed by atoms with Crippen LogP contribution in [-0.2, 0) is 0 Å². The van der Waals surface area contributed by atoms with Gasteiger partial charge >= 0.3 is 0 Å². The van der Waals surface area contributed by atoms with Crippen LogP contribution >= 0.6 is 0 Å². The van der Waals surface area contributed by atoms with Crippen LogP contribution in [0.4, 0.5) is 0 Å². The van der Waals surface area contributed by atoms with Gasteiger partial charge in [-0.05, 0) is 93.7 Å². The van der Waals surface area contributed by atoms with Crippen LogP contribution in [-0.4, -0.2) is 9.97 Å². The molecule has 32 heavy (non-hydrogen) atoms. The number of nitrogens with zero attached hydrogens (tertiary/aromatic N) is 2. The van der Waals surface area contributed by atoms with E-state index in [1.807, 2.05) is 0 Å². The van der Waals surface area contributed by atoms with Crippen molar-refractivity contribution in [3.63, 3.8) is 0 Å². The second kappa shape index (κ2) is 6.24. The minimum Gasteiger partial charge on any atom is -0.244 e. The monoisotopic (exact) mass is 408 g/mol. The van der Waals surface area contributed by atoms with Crippen LogP contribution in [0.5, 0.6) is 0 Å². The predicted octanol–water partition coefficient (Wildman–Crippen LogP) is 8.01. The van der Waals surface area contributed by atoms with Gasteiger partial charge in [-0.1, -0.05) is 48.5 Å². The van der Waals surface area contributed by atoms with Crippen LogP contribution in [0, 0.1) is 13.8 Å². The molecule has 0 unspecified atom stereocenters. The Morgan fingerprint density at radius 2 is 0.906 bits per heavy atom. The molecule has 7 rings (SSSR count). The lowest BCUT2D eigenvalue weighted by Crippen LogP contribution is -1.91. The molecule has 2 nitrogen and oxygen atoms in total. The number of aromatic nitrogens is 2. The highest BCUT2D eigenvalue weighted by molar-refractivity contribution is 6.14. The molecule has 1 heterocycles. The van der Waals surface area contributed by atoms with E-state index in [9.17, 15) is 0 Å². The first-order chi connectivity index (χ1) is 15.6. The van der Waals surface area contributed by atoms with Crippen molar-refractivity contribution in [1.82, 2.24) is 9.97 Å². The van der Waals surface area contributed by atoms with E-state index >= 15 is 0 Å². The Morgan fingerprint density at radius 3 is 1.50 bits per heavy atom. The second-order valence-corrected chi connectivity index (χ2v) is 8.87. The van der Waals surface area contributed by atoms with Crippen LogP contribution in [0.15, 0.2) is 84.9 Å². The fraction of sp³-hybridized carbons (Fsp3) is 0.0667. The van der Waals surface area contributed by atoms with Crippen molar-refractivity contribution in [3.05, 3.63) is 96.1 Å². The maximum atomic E-state index is 5.12. The number of hydrogen-bond acceptors (Lipinski definition) is 2. The Labute approximate surface area is 185 Å². The standard InChI is InChI=1S/C30H20N2/c1-17-11-23-14-22-8-10-28-30(26(22)16-24(23)12-18(17)2)32-27-9-7-21-13-19-5-3-4-6-20(19)15-25(21)29(27)31-28/h3-16H,1-2H3. The minimum absolute atomic E-state index is 0.938. The highest BCUT2D eigenvalue weighted by Gasteiger charge is 2.11. The molecule has 2 heteroatoms. The summed E-state index contributed by atoms with van der Waals surface area (Å²) in [7, 11) is 0. The van der Waals surface area contributed by atoms with Crippen LogP contribution in [0.25, 0.3) is 65.2 Å². The van der Waals surface area contributed by atoms with Gasteiger partial charge in [-0.25, -0.2) is 9.97 Å². The third kappa shape index (κ3) is 2.47. The van der Waals surface area contributed by atoms with Gasteiger partial charge in [0.15, 0.2) is 0 Å². The summed E-state index contributed by atoms with van der Waals surface area (Å²) in [5.74, 6) is 0. The van der Waals surface area contributed by atoms with Gasteiger partial charge in [0, 0.05) is 10.8 Å². The van der Waals surface area contributed by atoms with Crippen molar-refractivity contribution in [2.45, 2.75) is 13.8 Å². The SMILES string of the molecule is Cc1cc2cc3ccc4nc5c(ccc6cc7ccccc7cc65)nc4c3cc2cc1C. The normalized spacial score (nSPS) is 12.1. The molecule has 6 aromatic carbocycles. The summed E-state index contributed by atoms with van der Waals surface area (Å²) in [6, 6.07) is 30.6. The van der Waals surface area contributed by atoms with E-state index in [0.29, 0.717) is 0 Å². The van der Waals surface area contributed by atoms with Gasteiger partial charge < -0.3 is 0 Å². The number of hydrogen-bond donors (Lipinski definition) is 0. The molecule has 0 saturated carbocycles. The summed E-state index contributed by atoms with van der Waals surface area (Å²) in [6.07, 6.45) is 0. The molecule has 0 aliphatic carbocycles. The van der Waals surface area contributed by atoms with Gasteiger partial charge in [0.25, 0.3) is 0 Å². The molecule has 0 fully saturated rings. The number of aryl methyl sites for hydroxylation is 2. The predicted molar refractivity (Wildman–Crippen MR) is 137 cm³/mol. The summed E-state index contributed by atoms with van der Waals surface area (Å²) < 4.78 is 0. The zero-order valence-electron chi connectivity index (χ0n) is 18.0. The summed E-state index contributed by atoms with van der Waals surface area (Å²) in [6.45, 7) is 4.34. The first kappa shape index (κ1) is 17.6. The quantitative estimate of drug-likeness (QED) is 0.188. The molecule has 0 radical (unpaired) electrons. The zero-order chi connectivity index (χ0) is 21.4. The highest BCUT2D eigenvalue weighted by Crippen LogP contribution is 2.33. The van der Waals surface area contributed by atoms with E-state index in [-0.39, 0.29) is 0 Å². The van der Waals surface area contributed by atoms with Crippen molar-refractivity contribution < 1.29 is 0 Å². The van der Waals surface area contributed by atoms with E-state index in [1.54, 1.807) is 0 Å². The number of fused-ring (bicyclic) bond motifs is 8. The maximum absolute atomic E-state index is 5.12. The van der Waals surface area contributed by atoms with Gasteiger partial charge in [0.05, 0.1) is 22.1 Å². The molecule has 7 aromatic rings. The lowest BCUT2D eigenvalue weighted by Gasteiger charge is -2.10. The summed E-state index contributed by atoms with van der Waals surface area (Å²) >= 11 is 0. The zero-order valence-corrected chi connectivity index (χ0v) is 18.0. The van der Waals surface area contributed by atoms with E-state index < -0.39 is 0 Å². The molecular weight excluding hydrogens is 388 g/mol. The molecule has 1 aromatic heterocycles. The van der Waals surface area contributed by atoms with Crippen molar-refractivity contribution in [2.75, 3.05) is 0 Å². The highest BCUT2D eigenvalue weighted by atomic mass is 14.8. The topological polar surface area (TPSA) is 25.8 Å². The summed E-state index contributed by atoms with van der Waals surface area (Å²) in [5.41, 5.74) is 6.44. The van der Waals surface area contributed by atoms with Gasteiger partial charge in [0.2, 0.25) is 0 Å². The first-order valence-corrected chi connectivity index (χ1v) is 11.0. The Hall–Kier alpha value is -4.04. The van der Waals surface area contributed by atoms with Crippen molar-refractivity contribution in [2.24, 2.45) is 0 Å². The average Bonchev–Trinajstić information content (AvgIpc) is 2.81. The smallest absolute Gasteiger partial charge is 0.0973 e. The van der Waals surface area contributed by atoms with Crippen LogP contribution in [0.2, 0.25) is 0 Å². The van der Waals surface area contributed by atoms with Crippen LogP contribution < -0.4 is 0 Å². The van der Waals surface area contributed by atoms with E-state index in [1.165, 1.54) is 43.4 Å². The number of rotatable bonds is 0. The summed E-state index contributed by atoms with van der Waals surface area (Å²) in [4.78, 5) is 10.2. The van der Waals surface area contributed by atoms with Gasteiger partial charge in [-0.3, -0.25) is 0 Å². The molecule has 0 amide bonds. The van der Waals surface area contributed by atoms with Gasteiger partial charge in [-0.2, -0.15) is 0 Å². The van der Waals surface area contributed by atoms with Gasteiger partial charge in [0.1, 0.15) is 0 Å². The first-order valence-electron chi connectivity index (χ1n) is 11.0. The maximum Gasteiger partial charge on any atom is 0.0973 e. The molecule has 0 aliphatic rings. The van der Waals surface area contributed by atoms with Crippen molar-refractivity contribution in [1.29, 1.82) is 0 Å². The van der Waals surface area contributed by atoms with Crippen molar-refractivity contribution >= 4 is 65.2 Å². The molecule has 0 atom stereocenters. The minimum atomic E-state index is 0.938. The fourth-order valence-electron chi connectivity index (χ4n) is 4.97. The molecule has 0 N–H and O–H groups in total. The average molecular weight is 409 g/mol. The van der Waals surface area contributed by atoms with Gasteiger partial charge in [-0.15, -0.1) is 0 Å². The molecular formula is C30H20N2. The van der Waals surface area contributed by atoms with E-state index in [2.05, 4.69) is 98.8 Å². The van der Waals surface area contributed by atoms with Crippen molar-refractivity contribution in [3.8, 4) is 0 Å². The second-order valence-electron chi connectivity index (χ2n) is 8.87.